The lowest BCUT2D eigenvalue weighted by Gasteiger charge is -2.41. The van der Waals surface area contributed by atoms with E-state index in [1.807, 2.05) is 20.8 Å². The number of dihydropyridines is 1. The number of aromatic nitrogens is 2. The van der Waals surface area contributed by atoms with E-state index in [9.17, 15) is 23.6 Å². The number of benzene rings is 1. The van der Waals surface area contributed by atoms with Gasteiger partial charge in [0.05, 0.1) is 38.7 Å². The number of hydrogen-bond acceptors (Lipinski definition) is 7. The average molecular weight is 673 g/mol. The summed E-state index contributed by atoms with van der Waals surface area (Å²) in [6, 6.07) is 2.70. The molecule has 0 aliphatic carbocycles. The minimum absolute atomic E-state index is 0.0356. The number of carbonyl (C=O) groups is 1. The molecule has 2 aliphatic heterocycles. The van der Waals surface area contributed by atoms with Crippen molar-refractivity contribution in [2.45, 2.75) is 39.8 Å². The fourth-order valence-electron chi connectivity index (χ4n) is 6.07. The smallest absolute Gasteiger partial charge is 0.276 e. The molecule has 0 spiro atoms. The van der Waals surface area contributed by atoms with Gasteiger partial charge in [0.1, 0.15) is 23.0 Å². The Morgan fingerprint density at radius 3 is 2.54 bits per heavy atom. The average Bonchev–Trinajstić information content (AvgIpc) is 3.02. The standard InChI is InChI=1S/C32H30Cl2F3N7O2/c1-6-20(45)43-10-9-42(13-16(43)5)30-17-11-19(33)28(21-22(34)24(36)25(37)26(39)23(21)35)41-31(17)44(32(46)18(30)12-38)29-15(4)7-8-40-27(29)14(2)3/h6-8,11,14,16,27,40H,1,9-10,13,39H2,2-5H3/t16-,27?/m1/s1. The number of fused-ring (bicyclic) bond motifs is 1. The van der Waals surface area contributed by atoms with Crippen molar-refractivity contribution in [1.29, 1.82) is 5.26 Å². The van der Waals surface area contributed by atoms with Gasteiger partial charge in [-0.25, -0.2) is 18.2 Å². The first-order chi connectivity index (χ1) is 21.7. The Bertz CT molecular complexity index is 1950. The number of carbonyl (C=O) groups excluding carboxylic acids is 1. The van der Waals surface area contributed by atoms with E-state index in [2.05, 4.69) is 22.9 Å². The van der Waals surface area contributed by atoms with Gasteiger partial charge < -0.3 is 20.9 Å². The largest absolute Gasteiger partial charge is 0.394 e. The first kappa shape index (κ1) is 32.9. The molecule has 46 heavy (non-hydrogen) atoms. The number of allylic oxidation sites excluding steroid dienone is 2. The van der Waals surface area contributed by atoms with Crippen molar-refractivity contribution in [1.82, 2.24) is 19.8 Å². The SMILES string of the molecule is C=CC(=O)N1CCN(c2c(C#N)c(=O)n(C3=C(C)C=CNC3C(C)C)c3nc(-c4c(F)c(N)c(F)c(F)c4Cl)c(Cl)cc23)C[C@H]1C. The molecule has 240 valence electrons. The number of pyridine rings is 2. The maximum absolute atomic E-state index is 15.5. The fourth-order valence-corrected chi connectivity index (χ4v) is 6.57. The lowest BCUT2D eigenvalue weighted by atomic mass is 9.94. The van der Waals surface area contributed by atoms with E-state index in [1.54, 1.807) is 29.0 Å². The first-order valence-corrected chi connectivity index (χ1v) is 15.1. The van der Waals surface area contributed by atoms with E-state index in [1.165, 1.54) is 16.7 Å². The highest BCUT2D eigenvalue weighted by Gasteiger charge is 2.34. The summed E-state index contributed by atoms with van der Waals surface area (Å²) in [5.74, 6) is -4.94. The fraction of sp³-hybridized carbons (Fsp3) is 0.312. The lowest BCUT2D eigenvalue weighted by molar-refractivity contribution is -0.128. The second-order valence-electron chi connectivity index (χ2n) is 11.5. The Balaban J connectivity index is 1.91. The zero-order valence-electron chi connectivity index (χ0n) is 25.4. The van der Waals surface area contributed by atoms with Gasteiger partial charge in [0.2, 0.25) is 5.91 Å². The summed E-state index contributed by atoms with van der Waals surface area (Å²) in [6.07, 6.45) is 4.72. The Hall–Kier alpha value is -4.47. The summed E-state index contributed by atoms with van der Waals surface area (Å²) in [5.41, 5.74) is 3.76. The molecule has 3 aromatic rings. The summed E-state index contributed by atoms with van der Waals surface area (Å²) in [7, 11) is 0. The molecule has 14 heteroatoms. The topological polar surface area (TPSA) is 120 Å². The number of rotatable bonds is 5. The Kier molecular flexibility index (Phi) is 8.86. The van der Waals surface area contributed by atoms with Gasteiger partial charge in [0.25, 0.3) is 5.56 Å². The van der Waals surface area contributed by atoms with Gasteiger partial charge in [0.15, 0.2) is 17.5 Å². The first-order valence-electron chi connectivity index (χ1n) is 14.4. The minimum atomic E-state index is -1.66. The molecule has 2 aromatic heterocycles. The molecule has 2 aliphatic rings. The molecule has 1 fully saturated rings. The van der Waals surface area contributed by atoms with Crippen LogP contribution in [0.4, 0.5) is 24.5 Å². The number of amides is 1. The highest BCUT2D eigenvalue weighted by atomic mass is 35.5. The van der Waals surface area contributed by atoms with E-state index in [0.717, 1.165) is 0 Å². The molecule has 0 saturated carbocycles. The van der Waals surface area contributed by atoms with Crippen LogP contribution in [0.5, 0.6) is 0 Å². The van der Waals surface area contributed by atoms with Gasteiger partial charge >= 0.3 is 0 Å². The summed E-state index contributed by atoms with van der Waals surface area (Å²) >= 11 is 12.8. The monoisotopic (exact) mass is 671 g/mol. The number of anilines is 2. The van der Waals surface area contributed by atoms with E-state index in [0.29, 0.717) is 11.3 Å². The van der Waals surface area contributed by atoms with Gasteiger partial charge in [-0.3, -0.25) is 14.2 Å². The third-order valence-electron chi connectivity index (χ3n) is 8.34. The molecule has 1 aromatic carbocycles. The van der Waals surface area contributed by atoms with Crippen molar-refractivity contribution in [3.8, 4) is 17.3 Å². The second kappa shape index (κ2) is 12.4. The van der Waals surface area contributed by atoms with Crippen LogP contribution in [0, 0.1) is 34.7 Å². The summed E-state index contributed by atoms with van der Waals surface area (Å²) in [4.78, 5) is 34.9. The number of piperazine rings is 1. The van der Waals surface area contributed by atoms with Crippen LogP contribution in [0.2, 0.25) is 10.0 Å². The summed E-state index contributed by atoms with van der Waals surface area (Å²) in [5, 5.41) is 12.8. The minimum Gasteiger partial charge on any atom is -0.394 e. The van der Waals surface area contributed by atoms with E-state index in [4.69, 9.17) is 28.9 Å². The molecular formula is C32H30Cl2F3N7O2. The van der Waals surface area contributed by atoms with Crippen LogP contribution in [-0.4, -0.2) is 52.1 Å². The molecule has 5 rings (SSSR count). The predicted octanol–water partition coefficient (Wildman–Crippen LogP) is 5.84. The third kappa shape index (κ3) is 5.17. The summed E-state index contributed by atoms with van der Waals surface area (Å²) < 4.78 is 45.8. The third-order valence-corrected chi connectivity index (χ3v) is 8.98. The van der Waals surface area contributed by atoms with Gasteiger partial charge in [-0.15, -0.1) is 0 Å². The molecule has 0 bridgehead atoms. The van der Waals surface area contributed by atoms with Crippen LogP contribution in [0.25, 0.3) is 28.0 Å². The van der Waals surface area contributed by atoms with Crippen LogP contribution >= 0.6 is 23.2 Å². The van der Waals surface area contributed by atoms with Crippen LogP contribution in [0.15, 0.2) is 41.4 Å². The molecule has 1 amide bonds. The molecule has 3 N–H and O–H groups in total. The van der Waals surface area contributed by atoms with Crippen LogP contribution in [0.3, 0.4) is 0 Å². The number of nitrogen functional groups attached to an aromatic ring is 1. The van der Waals surface area contributed by atoms with Crippen molar-refractivity contribution in [3.63, 3.8) is 0 Å². The normalized spacial score (nSPS) is 18.3. The number of halogens is 5. The Labute approximate surface area is 273 Å². The number of nitrogens with zero attached hydrogens (tertiary/aromatic N) is 5. The van der Waals surface area contributed by atoms with Gasteiger partial charge in [-0.2, -0.15) is 5.26 Å². The molecule has 4 heterocycles. The number of nitriles is 1. The molecule has 9 nitrogen and oxygen atoms in total. The molecule has 1 saturated heterocycles. The zero-order valence-corrected chi connectivity index (χ0v) is 26.9. The van der Waals surface area contributed by atoms with Crippen LogP contribution < -0.4 is 21.5 Å². The van der Waals surface area contributed by atoms with Gasteiger partial charge in [0, 0.05) is 31.1 Å². The zero-order chi connectivity index (χ0) is 33.8. The number of nitrogens with one attached hydrogen (secondary N) is 1. The number of hydrogen-bond donors (Lipinski definition) is 2. The van der Waals surface area contributed by atoms with Crippen molar-refractivity contribution >= 4 is 57.2 Å². The second-order valence-corrected chi connectivity index (χ2v) is 12.3. The molecule has 1 unspecified atom stereocenters. The highest BCUT2D eigenvalue weighted by molar-refractivity contribution is 6.37. The van der Waals surface area contributed by atoms with E-state index >= 15 is 4.39 Å². The quantitative estimate of drug-likeness (QED) is 0.151. The maximum Gasteiger partial charge on any atom is 0.276 e. The van der Waals surface area contributed by atoms with Gasteiger partial charge in [-0.05, 0) is 49.8 Å². The maximum atomic E-state index is 15.5. The van der Waals surface area contributed by atoms with E-state index in [-0.39, 0.29) is 70.5 Å². The molecule has 2 atom stereocenters. The summed E-state index contributed by atoms with van der Waals surface area (Å²) in [6.45, 7) is 11.8. The van der Waals surface area contributed by atoms with E-state index < -0.39 is 45.3 Å². The van der Waals surface area contributed by atoms with Crippen molar-refractivity contribution in [3.05, 3.63) is 80.0 Å². The highest BCUT2D eigenvalue weighted by Crippen LogP contribution is 2.43. The van der Waals surface area contributed by atoms with Crippen molar-refractivity contribution in [2.75, 3.05) is 30.3 Å². The van der Waals surface area contributed by atoms with Crippen molar-refractivity contribution < 1.29 is 18.0 Å². The van der Waals surface area contributed by atoms with Crippen molar-refractivity contribution in [2.24, 2.45) is 5.92 Å². The number of nitrogens with two attached hydrogens (primary N) is 1. The predicted molar refractivity (Wildman–Crippen MR) is 174 cm³/mol. The van der Waals surface area contributed by atoms with Crippen LogP contribution in [0.1, 0.15) is 33.3 Å². The Morgan fingerprint density at radius 1 is 1.24 bits per heavy atom. The molecular weight excluding hydrogens is 642 g/mol. The van der Waals surface area contributed by atoms with Crippen LogP contribution in [-0.2, 0) is 4.79 Å². The lowest BCUT2D eigenvalue weighted by Crippen LogP contribution is -2.54. The molecule has 0 radical (unpaired) electrons. The van der Waals surface area contributed by atoms with Gasteiger partial charge in [-0.1, -0.05) is 43.6 Å². The Morgan fingerprint density at radius 2 is 1.93 bits per heavy atom.